The summed E-state index contributed by atoms with van der Waals surface area (Å²) in [6, 6.07) is -0.267. The predicted molar refractivity (Wildman–Crippen MR) is 75.6 cm³/mol. The molecule has 0 aliphatic carbocycles. The highest BCUT2D eigenvalue weighted by molar-refractivity contribution is 5.76. The summed E-state index contributed by atoms with van der Waals surface area (Å²) in [5, 5.41) is 2.54. The lowest BCUT2D eigenvalue weighted by Crippen LogP contribution is -2.43. The topological polar surface area (TPSA) is 58.6 Å². The van der Waals surface area contributed by atoms with E-state index in [1.807, 2.05) is 20.8 Å². The first kappa shape index (κ1) is 17.6. The van der Waals surface area contributed by atoms with Crippen LogP contribution >= 0.6 is 0 Å². The highest BCUT2D eigenvalue weighted by atomic mass is 16.5. The van der Waals surface area contributed by atoms with Crippen LogP contribution < -0.4 is 5.32 Å². The van der Waals surface area contributed by atoms with Gasteiger partial charge < -0.3 is 10.1 Å². The van der Waals surface area contributed by atoms with Gasteiger partial charge in [-0.2, -0.15) is 0 Å². The van der Waals surface area contributed by atoms with Crippen molar-refractivity contribution >= 4 is 12.3 Å². The smallest absolute Gasteiger partial charge is 0.323 e. The Kier molecular flexibility index (Phi) is 8.87. The van der Waals surface area contributed by atoms with Crippen LogP contribution in [-0.2, 0) is 9.53 Å². The van der Waals surface area contributed by atoms with Gasteiger partial charge in [0, 0.05) is 19.2 Å². The Hall–Kier alpha value is -1.36. The van der Waals surface area contributed by atoms with Crippen LogP contribution in [0.15, 0.2) is 12.3 Å². The second-order valence-electron chi connectivity index (χ2n) is 4.21. The molecule has 3 atom stereocenters. The van der Waals surface area contributed by atoms with E-state index in [1.54, 1.807) is 7.05 Å². The van der Waals surface area contributed by atoms with Crippen LogP contribution in [-0.4, -0.2) is 36.6 Å². The van der Waals surface area contributed by atoms with Crippen molar-refractivity contribution in [3.8, 4) is 0 Å². The molecule has 2 amide bonds. The molecule has 1 aliphatic heterocycles. The average molecular weight is 270 g/mol. The first-order chi connectivity index (χ1) is 9.13. The van der Waals surface area contributed by atoms with Crippen molar-refractivity contribution < 1.29 is 14.3 Å². The molecule has 3 unspecified atom stereocenters. The van der Waals surface area contributed by atoms with E-state index in [4.69, 9.17) is 4.74 Å². The van der Waals surface area contributed by atoms with Crippen LogP contribution in [0.2, 0.25) is 0 Å². The SMILES string of the molecule is CC.CCC1CC(C)C(N(/C=C\C=O)C(=O)NC)O1. The summed E-state index contributed by atoms with van der Waals surface area (Å²) in [7, 11) is 1.56. The minimum atomic E-state index is -0.295. The van der Waals surface area contributed by atoms with Gasteiger partial charge in [0.2, 0.25) is 0 Å². The normalized spacial score (nSPS) is 25.6. The maximum Gasteiger partial charge on any atom is 0.323 e. The van der Waals surface area contributed by atoms with Gasteiger partial charge in [0.15, 0.2) is 0 Å². The molecular formula is C14H26N2O3. The van der Waals surface area contributed by atoms with Crippen LogP contribution in [0.5, 0.6) is 0 Å². The van der Waals surface area contributed by atoms with Gasteiger partial charge >= 0.3 is 6.03 Å². The van der Waals surface area contributed by atoms with Gasteiger partial charge in [0.1, 0.15) is 12.5 Å². The van der Waals surface area contributed by atoms with Crippen molar-refractivity contribution in [2.24, 2.45) is 5.92 Å². The lowest BCUT2D eigenvalue weighted by Gasteiger charge is -2.27. The largest absolute Gasteiger partial charge is 0.354 e. The van der Waals surface area contributed by atoms with Crippen molar-refractivity contribution in [3.63, 3.8) is 0 Å². The molecule has 0 aromatic carbocycles. The fraction of sp³-hybridized carbons (Fsp3) is 0.714. The molecule has 110 valence electrons. The Morgan fingerprint density at radius 2 is 2.11 bits per heavy atom. The highest BCUT2D eigenvalue weighted by Gasteiger charge is 2.36. The Morgan fingerprint density at radius 1 is 1.47 bits per heavy atom. The quantitative estimate of drug-likeness (QED) is 0.631. The lowest BCUT2D eigenvalue weighted by atomic mass is 10.0. The molecule has 1 saturated heterocycles. The number of nitrogens with one attached hydrogen (secondary N) is 1. The molecule has 0 bridgehead atoms. The van der Waals surface area contributed by atoms with E-state index < -0.39 is 0 Å². The van der Waals surface area contributed by atoms with Crippen molar-refractivity contribution in [1.29, 1.82) is 0 Å². The molecule has 5 heteroatoms. The molecule has 1 N–H and O–H groups in total. The van der Waals surface area contributed by atoms with Gasteiger partial charge in [-0.1, -0.05) is 27.7 Å². The van der Waals surface area contributed by atoms with Crippen molar-refractivity contribution in [3.05, 3.63) is 12.3 Å². The maximum absolute atomic E-state index is 11.7. The van der Waals surface area contributed by atoms with Crippen molar-refractivity contribution in [1.82, 2.24) is 10.2 Å². The van der Waals surface area contributed by atoms with Crippen LogP contribution in [0.4, 0.5) is 4.79 Å². The summed E-state index contributed by atoms with van der Waals surface area (Å²) in [5.41, 5.74) is 0. The van der Waals surface area contributed by atoms with Crippen LogP contribution in [0.3, 0.4) is 0 Å². The number of hydrogen-bond acceptors (Lipinski definition) is 3. The summed E-state index contributed by atoms with van der Waals surface area (Å²) in [4.78, 5) is 23.5. The maximum atomic E-state index is 11.7. The Morgan fingerprint density at radius 3 is 2.53 bits per heavy atom. The van der Waals surface area contributed by atoms with Gasteiger partial charge in [-0.05, 0) is 18.9 Å². The lowest BCUT2D eigenvalue weighted by molar-refractivity contribution is -0.104. The first-order valence-electron chi connectivity index (χ1n) is 6.91. The number of aldehydes is 1. The second kappa shape index (κ2) is 9.55. The minimum Gasteiger partial charge on any atom is -0.354 e. The molecule has 0 saturated carbocycles. The molecule has 0 aromatic heterocycles. The number of amides is 2. The van der Waals surface area contributed by atoms with Crippen LogP contribution in [0.1, 0.15) is 40.5 Å². The monoisotopic (exact) mass is 270 g/mol. The number of ether oxygens (including phenoxy) is 1. The molecule has 1 rings (SSSR count). The molecule has 19 heavy (non-hydrogen) atoms. The molecule has 0 spiro atoms. The van der Waals surface area contributed by atoms with Crippen LogP contribution in [0, 0.1) is 5.92 Å². The van der Waals surface area contributed by atoms with Crippen molar-refractivity contribution in [2.45, 2.75) is 52.9 Å². The highest BCUT2D eigenvalue weighted by Crippen LogP contribution is 2.30. The predicted octanol–water partition coefficient (Wildman–Crippen LogP) is 2.53. The molecule has 1 heterocycles. The van der Waals surface area contributed by atoms with Gasteiger partial charge in [0.25, 0.3) is 0 Å². The number of carbonyl (C=O) groups is 2. The summed E-state index contributed by atoms with van der Waals surface area (Å²) >= 11 is 0. The fourth-order valence-corrected chi connectivity index (χ4v) is 2.05. The van der Waals surface area contributed by atoms with E-state index in [2.05, 4.69) is 12.2 Å². The number of carbonyl (C=O) groups excluding carboxylic acids is 2. The van der Waals surface area contributed by atoms with E-state index in [0.29, 0.717) is 6.29 Å². The number of nitrogens with zero attached hydrogens (tertiary/aromatic N) is 1. The fourth-order valence-electron chi connectivity index (χ4n) is 2.05. The van der Waals surface area contributed by atoms with Crippen molar-refractivity contribution in [2.75, 3.05) is 7.05 Å². The zero-order chi connectivity index (χ0) is 14.8. The number of urea groups is 1. The van der Waals surface area contributed by atoms with Gasteiger partial charge in [-0.25, -0.2) is 4.79 Å². The molecule has 1 aliphatic rings. The minimum absolute atomic E-state index is 0.187. The summed E-state index contributed by atoms with van der Waals surface area (Å²) < 4.78 is 5.80. The summed E-state index contributed by atoms with van der Waals surface area (Å²) in [6.07, 6.45) is 5.16. The van der Waals surface area contributed by atoms with Gasteiger partial charge in [-0.15, -0.1) is 0 Å². The zero-order valence-corrected chi connectivity index (χ0v) is 12.6. The number of rotatable bonds is 4. The standard InChI is InChI=1S/C12H20N2O3.C2H6/c1-4-10-8-9(2)11(17-10)14(6-5-7-15)12(16)13-3;1-2/h5-7,9-11H,4,8H2,1-3H3,(H,13,16);1-2H3/b6-5-;. The first-order valence-corrected chi connectivity index (χ1v) is 6.91. The second-order valence-corrected chi connectivity index (χ2v) is 4.21. The molecule has 0 radical (unpaired) electrons. The van der Waals surface area contributed by atoms with Gasteiger partial charge in [-0.3, -0.25) is 9.69 Å². The third-order valence-electron chi connectivity index (χ3n) is 2.96. The van der Waals surface area contributed by atoms with E-state index in [9.17, 15) is 9.59 Å². The Balaban J connectivity index is 0.00000154. The Labute approximate surface area is 116 Å². The molecule has 1 fully saturated rings. The van der Waals surface area contributed by atoms with E-state index in [0.717, 1.165) is 12.8 Å². The third-order valence-corrected chi connectivity index (χ3v) is 2.96. The van der Waals surface area contributed by atoms with E-state index in [-0.39, 0.29) is 24.3 Å². The molecule has 5 nitrogen and oxygen atoms in total. The molecule has 0 aromatic rings. The van der Waals surface area contributed by atoms with E-state index in [1.165, 1.54) is 17.2 Å². The van der Waals surface area contributed by atoms with Gasteiger partial charge in [0.05, 0.1) is 6.10 Å². The third kappa shape index (κ3) is 5.03. The summed E-state index contributed by atoms with van der Waals surface area (Å²) in [6.45, 7) is 8.11. The average Bonchev–Trinajstić information content (AvgIpc) is 2.82. The number of hydrogen-bond donors (Lipinski definition) is 1. The zero-order valence-electron chi connectivity index (χ0n) is 12.6. The Bertz CT molecular complexity index is 305. The summed E-state index contributed by atoms with van der Waals surface area (Å²) in [5.74, 6) is 0.258. The van der Waals surface area contributed by atoms with Crippen LogP contribution in [0.25, 0.3) is 0 Å². The van der Waals surface area contributed by atoms with E-state index >= 15 is 0 Å². The number of allylic oxidation sites excluding steroid dienone is 1. The molecular weight excluding hydrogens is 244 g/mol.